The van der Waals surface area contributed by atoms with Crippen LogP contribution < -0.4 is 0 Å². The van der Waals surface area contributed by atoms with E-state index in [1.54, 1.807) is 4.31 Å². The SMILES string of the molecule is CC1CC(C)C(C)N(S(=O)(=O)CCCCCl)C1. The topological polar surface area (TPSA) is 37.4 Å². The van der Waals surface area contributed by atoms with Crippen LogP contribution in [0.3, 0.4) is 0 Å². The Kier molecular flexibility index (Phi) is 5.74. The van der Waals surface area contributed by atoms with E-state index in [4.69, 9.17) is 11.6 Å². The lowest BCUT2D eigenvalue weighted by atomic mass is 9.88. The Balaban J connectivity index is 2.68. The predicted molar refractivity (Wildman–Crippen MR) is 72.9 cm³/mol. The van der Waals surface area contributed by atoms with Crippen LogP contribution >= 0.6 is 11.6 Å². The van der Waals surface area contributed by atoms with Gasteiger partial charge in [0.2, 0.25) is 10.0 Å². The van der Waals surface area contributed by atoms with Gasteiger partial charge in [-0.15, -0.1) is 11.6 Å². The maximum absolute atomic E-state index is 12.2. The first-order valence-corrected chi connectivity index (χ1v) is 8.58. The maximum atomic E-state index is 12.2. The number of rotatable bonds is 5. The van der Waals surface area contributed by atoms with E-state index in [1.807, 2.05) is 6.92 Å². The van der Waals surface area contributed by atoms with Crippen LogP contribution in [0.5, 0.6) is 0 Å². The summed E-state index contributed by atoms with van der Waals surface area (Å²) in [7, 11) is -3.10. The minimum atomic E-state index is -3.10. The Morgan fingerprint density at radius 1 is 1.24 bits per heavy atom. The molecule has 0 spiro atoms. The van der Waals surface area contributed by atoms with E-state index in [2.05, 4.69) is 13.8 Å². The normalized spacial score (nSPS) is 31.6. The second kappa shape index (κ2) is 6.39. The number of alkyl halides is 1. The molecule has 1 fully saturated rings. The van der Waals surface area contributed by atoms with Gasteiger partial charge in [0, 0.05) is 18.5 Å². The van der Waals surface area contributed by atoms with Crippen molar-refractivity contribution in [3.05, 3.63) is 0 Å². The summed E-state index contributed by atoms with van der Waals surface area (Å²) < 4.78 is 26.2. The standard InChI is InChI=1S/C12H24ClNO2S/c1-10-8-11(2)12(3)14(9-10)17(15,16)7-5-4-6-13/h10-12H,4-9H2,1-3H3. The first-order chi connectivity index (χ1) is 7.88. The van der Waals surface area contributed by atoms with Gasteiger partial charge in [-0.2, -0.15) is 4.31 Å². The Morgan fingerprint density at radius 3 is 2.47 bits per heavy atom. The van der Waals surface area contributed by atoms with Crippen molar-refractivity contribution in [2.75, 3.05) is 18.2 Å². The van der Waals surface area contributed by atoms with Crippen LogP contribution in [-0.4, -0.2) is 36.9 Å². The summed E-state index contributed by atoms with van der Waals surface area (Å²) in [5, 5.41) is 0. The quantitative estimate of drug-likeness (QED) is 0.574. The number of piperidine rings is 1. The molecule has 0 amide bonds. The van der Waals surface area contributed by atoms with Crippen LogP contribution in [0.15, 0.2) is 0 Å². The molecule has 0 saturated carbocycles. The van der Waals surface area contributed by atoms with E-state index in [1.165, 1.54) is 0 Å². The molecular formula is C12H24ClNO2S. The third kappa shape index (κ3) is 4.11. The largest absolute Gasteiger partial charge is 0.214 e. The lowest BCUT2D eigenvalue weighted by Crippen LogP contribution is -2.49. The van der Waals surface area contributed by atoms with E-state index in [-0.39, 0.29) is 11.8 Å². The molecule has 17 heavy (non-hydrogen) atoms. The number of sulfonamides is 1. The molecule has 1 saturated heterocycles. The molecule has 1 heterocycles. The second-order valence-corrected chi connectivity index (χ2v) is 7.76. The lowest BCUT2D eigenvalue weighted by Gasteiger charge is -2.40. The molecule has 5 heteroatoms. The molecule has 0 aromatic heterocycles. The molecular weight excluding hydrogens is 258 g/mol. The van der Waals surface area contributed by atoms with E-state index >= 15 is 0 Å². The van der Waals surface area contributed by atoms with Crippen LogP contribution in [0.4, 0.5) is 0 Å². The van der Waals surface area contributed by atoms with Crippen molar-refractivity contribution >= 4 is 21.6 Å². The van der Waals surface area contributed by atoms with Crippen molar-refractivity contribution in [2.24, 2.45) is 11.8 Å². The summed E-state index contributed by atoms with van der Waals surface area (Å²) in [6.45, 7) is 6.97. The fraction of sp³-hybridized carbons (Fsp3) is 1.00. The highest BCUT2D eigenvalue weighted by molar-refractivity contribution is 7.89. The van der Waals surface area contributed by atoms with Gasteiger partial charge in [0.15, 0.2) is 0 Å². The zero-order chi connectivity index (χ0) is 13.1. The number of nitrogens with zero attached hydrogens (tertiary/aromatic N) is 1. The van der Waals surface area contributed by atoms with Crippen molar-refractivity contribution in [1.82, 2.24) is 4.31 Å². The Morgan fingerprint density at radius 2 is 1.88 bits per heavy atom. The fourth-order valence-corrected chi connectivity index (χ4v) is 4.71. The van der Waals surface area contributed by atoms with Gasteiger partial charge in [-0.3, -0.25) is 0 Å². The summed E-state index contributed by atoms with van der Waals surface area (Å²) in [5.41, 5.74) is 0. The molecule has 0 radical (unpaired) electrons. The van der Waals surface area contributed by atoms with Crippen LogP contribution in [0.2, 0.25) is 0 Å². The number of hydrogen-bond donors (Lipinski definition) is 0. The molecule has 0 aliphatic carbocycles. The van der Waals surface area contributed by atoms with Crippen molar-refractivity contribution in [3.8, 4) is 0 Å². The smallest absolute Gasteiger partial charge is 0.212 e. The van der Waals surface area contributed by atoms with Crippen molar-refractivity contribution in [3.63, 3.8) is 0 Å². The first kappa shape index (κ1) is 15.3. The lowest BCUT2D eigenvalue weighted by molar-refractivity contribution is 0.157. The van der Waals surface area contributed by atoms with Gasteiger partial charge in [-0.25, -0.2) is 8.42 Å². The minimum absolute atomic E-state index is 0.132. The minimum Gasteiger partial charge on any atom is -0.212 e. The van der Waals surface area contributed by atoms with E-state index in [0.29, 0.717) is 30.7 Å². The number of hydrogen-bond acceptors (Lipinski definition) is 2. The van der Waals surface area contributed by atoms with Gasteiger partial charge in [-0.05, 0) is 38.0 Å². The van der Waals surface area contributed by atoms with Crippen LogP contribution in [0, 0.1) is 11.8 Å². The summed E-state index contributed by atoms with van der Waals surface area (Å²) in [6, 6.07) is 0.132. The summed E-state index contributed by atoms with van der Waals surface area (Å²) in [5.74, 6) is 1.69. The van der Waals surface area contributed by atoms with Crippen LogP contribution in [0.1, 0.15) is 40.0 Å². The zero-order valence-corrected chi connectivity index (χ0v) is 12.6. The molecule has 102 valence electrons. The molecule has 1 rings (SSSR count). The molecule has 1 aliphatic heterocycles. The van der Waals surface area contributed by atoms with Gasteiger partial charge in [0.25, 0.3) is 0 Å². The molecule has 3 nitrogen and oxygen atoms in total. The summed E-state index contributed by atoms with van der Waals surface area (Å²) in [4.78, 5) is 0. The second-order valence-electron chi connectivity index (χ2n) is 5.34. The number of unbranched alkanes of at least 4 members (excludes halogenated alkanes) is 1. The Bertz CT molecular complexity index is 331. The predicted octanol–water partition coefficient (Wildman–Crippen LogP) is 2.70. The van der Waals surface area contributed by atoms with Gasteiger partial charge in [-0.1, -0.05) is 13.8 Å². The number of halogens is 1. The van der Waals surface area contributed by atoms with Gasteiger partial charge in [0.05, 0.1) is 5.75 Å². The summed E-state index contributed by atoms with van der Waals surface area (Å²) >= 11 is 5.58. The van der Waals surface area contributed by atoms with E-state index < -0.39 is 10.0 Å². The molecule has 0 bridgehead atoms. The van der Waals surface area contributed by atoms with Crippen LogP contribution in [0.25, 0.3) is 0 Å². The molecule has 0 aromatic carbocycles. The van der Waals surface area contributed by atoms with E-state index in [0.717, 1.165) is 12.8 Å². The average molecular weight is 282 g/mol. The third-order valence-corrected chi connectivity index (χ3v) is 5.95. The average Bonchev–Trinajstić information content (AvgIpc) is 2.23. The van der Waals surface area contributed by atoms with Crippen molar-refractivity contribution in [2.45, 2.75) is 46.1 Å². The monoisotopic (exact) mass is 281 g/mol. The highest BCUT2D eigenvalue weighted by Crippen LogP contribution is 2.29. The van der Waals surface area contributed by atoms with Crippen molar-refractivity contribution < 1.29 is 8.42 Å². The molecule has 0 N–H and O–H groups in total. The van der Waals surface area contributed by atoms with Crippen molar-refractivity contribution in [1.29, 1.82) is 0 Å². The highest BCUT2D eigenvalue weighted by Gasteiger charge is 2.35. The molecule has 0 aromatic rings. The van der Waals surface area contributed by atoms with E-state index in [9.17, 15) is 8.42 Å². The Labute approximate surface area is 111 Å². The maximum Gasteiger partial charge on any atom is 0.214 e. The first-order valence-electron chi connectivity index (χ1n) is 6.44. The Hall–Kier alpha value is 0.200. The highest BCUT2D eigenvalue weighted by atomic mass is 35.5. The fourth-order valence-electron chi connectivity index (χ4n) is 2.53. The molecule has 3 unspecified atom stereocenters. The zero-order valence-electron chi connectivity index (χ0n) is 11.0. The van der Waals surface area contributed by atoms with Crippen LogP contribution in [-0.2, 0) is 10.0 Å². The molecule has 3 atom stereocenters. The van der Waals surface area contributed by atoms with Gasteiger partial charge >= 0.3 is 0 Å². The molecule has 1 aliphatic rings. The van der Waals surface area contributed by atoms with Gasteiger partial charge in [0.1, 0.15) is 0 Å². The third-order valence-electron chi connectivity index (χ3n) is 3.69. The summed E-state index contributed by atoms with van der Waals surface area (Å²) in [6.07, 6.45) is 2.56. The van der Waals surface area contributed by atoms with Gasteiger partial charge < -0.3 is 0 Å².